The van der Waals surface area contributed by atoms with Gasteiger partial charge in [-0.1, -0.05) is 28.1 Å². The summed E-state index contributed by atoms with van der Waals surface area (Å²) in [4.78, 5) is 0. The third-order valence-corrected chi connectivity index (χ3v) is 2.61. The number of nitrogens with two attached hydrogens (primary N) is 1. The molecule has 0 unspecified atom stereocenters. The zero-order chi connectivity index (χ0) is 10.1. The van der Waals surface area contributed by atoms with Crippen molar-refractivity contribution in [2.75, 3.05) is 5.73 Å². The van der Waals surface area contributed by atoms with Gasteiger partial charge in [0.15, 0.2) is 0 Å². The highest BCUT2D eigenvalue weighted by Crippen LogP contribution is 2.26. The molecule has 72 valence electrons. The molecule has 0 saturated heterocycles. The van der Waals surface area contributed by atoms with E-state index in [1.807, 2.05) is 31.3 Å². The molecule has 0 fully saturated rings. The lowest BCUT2D eigenvalue weighted by molar-refractivity contribution is 0.779. The van der Waals surface area contributed by atoms with Crippen molar-refractivity contribution in [1.29, 1.82) is 0 Å². The lowest BCUT2D eigenvalue weighted by Gasteiger charge is -2.00. The number of nitrogens with zero attached hydrogens (tertiary/aromatic N) is 2. The summed E-state index contributed by atoms with van der Waals surface area (Å²) in [5, 5.41) is 4.10. The lowest BCUT2D eigenvalue weighted by atomic mass is 10.1. The number of nitrogen functional groups attached to an aromatic ring is 1. The molecule has 3 nitrogen and oxygen atoms in total. The molecule has 0 aliphatic heterocycles. The van der Waals surface area contributed by atoms with E-state index >= 15 is 0 Å². The molecule has 2 rings (SSSR count). The second-order valence-corrected chi connectivity index (χ2v) is 3.99. The Morgan fingerprint density at radius 2 is 2.21 bits per heavy atom. The Kier molecular flexibility index (Phi) is 2.29. The Bertz CT molecular complexity index is 462. The summed E-state index contributed by atoms with van der Waals surface area (Å²) < 4.78 is 2.70. The normalized spacial score (nSPS) is 10.4. The summed E-state index contributed by atoms with van der Waals surface area (Å²) in [5.41, 5.74) is 7.91. The number of hydrogen-bond acceptors (Lipinski definition) is 2. The second-order valence-electron chi connectivity index (χ2n) is 3.08. The molecular weight excluding hydrogens is 242 g/mol. The molecule has 0 saturated carbocycles. The van der Waals surface area contributed by atoms with Crippen LogP contribution >= 0.6 is 15.9 Å². The Morgan fingerprint density at radius 1 is 1.43 bits per heavy atom. The average molecular weight is 252 g/mol. The van der Waals surface area contributed by atoms with Gasteiger partial charge in [-0.2, -0.15) is 5.10 Å². The Labute approximate surface area is 90.7 Å². The van der Waals surface area contributed by atoms with E-state index in [9.17, 15) is 0 Å². The molecule has 0 amide bonds. The first-order chi connectivity index (χ1) is 6.68. The van der Waals surface area contributed by atoms with Gasteiger partial charge in [-0.25, -0.2) is 0 Å². The van der Waals surface area contributed by atoms with E-state index in [0.29, 0.717) is 5.82 Å². The first kappa shape index (κ1) is 9.27. The molecule has 1 heterocycles. The van der Waals surface area contributed by atoms with Crippen molar-refractivity contribution in [2.45, 2.75) is 0 Å². The van der Waals surface area contributed by atoms with Gasteiger partial charge >= 0.3 is 0 Å². The van der Waals surface area contributed by atoms with Gasteiger partial charge in [0.05, 0.1) is 6.20 Å². The van der Waals surface area contributed by atoms with Crippen LogP contribution in [0.5, 0.6) is 0 Å². The van der Waals surface area contributed by atoms with Crippen LogP contribution in [0, 0.1) is 0 Å². The van der Waals surface area contributed by atoms with Crippen molar-refractivity contribution in [3.8, 4) is 11.1 Å². The molecule has 1 aromatic carbocycles. The largest absolute Gasteiger partial charge is 0.383 e. The van der Waals surface area contributed by atoms with Crippen LogP contribution in [-0.4, -0.2) is 9.78 Å². The van der Waals surface area contributed by atoms with Gasteiger partial charge < -0.3 is 5.73 Å². The fraction of sp³-hybridized carbons (Fsp3) is 0.100. The number of anilines is 1. The Balaban J connectivity index is 2.55. The summed E-state index contributed by atoms with van der Waals surface area (Å²) in [6.45, 7) is 0. The predicted octanol–water partition coefficient (Wildman–Crippen LogP) is 2.43. The molecular formula is C10H10BrN3. The maximum atomic E-state index is 5.87. The first-order valence-corrected chi connectivity index (χ1v) is 5.01. The van der Waals surface area contributed by atoms with Crippen molar-refractivity contribution in [3.05, 3.63) is 34.9 Å². The van der Waals surface area contributed by atoms with Crippen molar-refractivity contribution < 1.29 is 0 Å². The highest BCUT2D eigenvalue weighted by Gasteiger charge is 2.06. The molecule has 2 aromatic rings. The molecule has 1 aromatic heterocycles. The second kappa shape index (κ2) is 3.46. The van der Waals surface area contributed by atoms with Gasteiger partial charge in [-0.15, -0.1) is 0 Å². The number of aromatic nitrogens is 2. The van der Waals surface area contributed by atoms with Crippen molar-refractivity contribution in [1.82, 2.24) is 9.78 Å². The standard InChI is InChI=1S/C10H10BrN3/c1-14-10(12)9(6-13-14)7-3-2-4-8(11)5-7/h2-6H,12H2,1H3. The number of hydrogen-bond donors (Lipinski definition) is 1. The van der Waals surface area contributed by atoms with E-state index in [-0.39, 0.29) is 0 Å². The monoisotopic (exact) mass is 251 g/mol. The summed E-state index contributed by atoms with van der Waals surface area (Å²) in [6, 6.07) is 7.99. The summed E-state index contributed by atoms with van der Waals surface area (Å²) >= 11 is 3.42. The van der Waals surface area contributed by atoms with Gasteiger partial charge in [0.2, 0.25) is 0 Å². The van der Waals surface area contributed by atoms with Gasteiger partial charge in [0.25, 0.3) is 0 Å². The Hall–Kier alpha value is -1.29. The molecule has 0 radical (unpaired) electrons. The van der Waals surface area contributed by atoms with E-state index in [1.54, 1.807) is 10.9 Å². The van der Waals surface area contributed by atoms with Crippen LogP contribution in [0.15, 0.2) is 34.9 Å². The SMILES string of the molecule is Cn1ncc(-c2cccc(Br)c2)c1N. The average Bonchev–Trinajstić information content (AvgIpc) is 2.48. The predicted molar refractivity (Wildman–Crippen MR) is 60.8 cm³/mol. The van der Waals surface area contributed by atoms with Crippen LogP contribution in [0.4, 0.5) is 5.82 Å². The third-order valence-electron chi connectivity index (χ3n) is 2.12. The highest BCUT2D eigenvalue weighted by atomic mass is 79.9. The maximum absolute atomic E-state index is 5.87. The topological polar surface area (TPSA) is 43.8 Å². The van der Waals surface area contributed by atoms with E-state index in [0.717, 1.165) is 15.6 Å². The fourth-order valence-corrected chi connectivity index (χ4v) is 1.72. The van der Waals surface area contributed by atoms with Crippen molar-refractivity contribution >= 4 is 21.7 Å². The molecule has 0 atom stereocenters. The zero-order valence-corrected chi connectivity index (χ0v) is 9.32. The fourth-order valence-electron chi connectivity index (χ4n) is 1.33. The molecule has 0 aliphatic carbocycles. The molecule has 4 heteroatoms. The summed E-state index contributed by atoms with van der Waals surface area (Å²) in [7, 11) is 1.83. The summed E-state index contributed by atoms with van der Waals surface area (Å²) in [5.74, 6) is 0.683. The van der Waals surface area contributed by atoms with Gasteiger partial charge in [0, 0.05) is 17.1 Å². The van der Waals surface area contributed by atoms with E-state index in [4.69, 9.17) is 5.73 Å². The summed E-state index contributed by atoms with van der Waals surface area (Å²) in [6.07, 6.45) is 1.77. The van der Waals surface area contributed by atoms with E-state index in [1.165, 1.54) is 0 Å². The highest BCUT2D eigenvalue weighted by molar-refractivity contribution is 9.10. The minimum atomic E-state index is 0.683. The van der Waals surface area contributed by atoms with Crippen LogP contribution < -0.4 is 5.73 Å². The molecule has 0 bridgehead atoms. The van der Waals surface area contributed by atoms with Crippen molar-refractivity contribution in [3.63, 3.8) is 0 Å². The van der Waals surface area contributed by atoms with Crippen LogP contribution in [0.1, 0.15) is 0 Å². The number of halogens is 1. The number of benzene rings is 1. The van der Waals surface area contributed by atoms with E-state index < -0.39 is 0 Å². The minimum absolute atomic E-state index is 0.683. The molecule has 0 spiro atoms. The quantitative estimate of drug-likeness (QED) is 0.847. The third kappa shape index (κ3) is 1.53. The lowest BCUT2D eigenvalue weighted by Crippen LogP contribution is -1.97. The number of rotatable bonds is 1. The maximum Gasteiger partial charge on any atom is 0.129 e. The van der Waals surface area contributed by atoms with Crippen LogP contribution in [0.3, 0.4) is 0 Å². The number of aryl methyl sites for hydroxylation is 1. The zero-order valence-electron chi connectivity index (χ0n) is 7.74. The first-order valence-electron chi connectivity index (χ1n) is 4.22. The minimum Gasteiger partial charge on any atom is -0.383 e. The smallest absolute Gasteiger partial charge is 0.129 e. The van der Waals surface area contributed by atoms with Gasteiger partial charge in [-0.05, 0) is 17.7 Å². The van der Waals surface area contributed by atoms with Crippen LogP contribution in [-0.2, 0) is 7.05 Å². The van der Waals surface area contributed by atoms with Crippen molar-refractivity contribution in [2.24, 2.45) is 7.05 Å². The van der Waals surface area contributed by atoms with Gasteiger partial charge in [-0.3, -0.25) is 4.68 Å². The Morgan fingerprint density at radius 3 is 2.79 bits per heavy atom. The van der Waals surface area contributed by atoms with Gasteiger partial charge in [0.1, 0.15) is 5.82 Å². The van der Waals surface area contributed by atoms with E-state index in [2.05, 4.69) is 21.0 Å². The molecule has 2 N–H and O–H groups in total. The van der Waals surface area contributed by atoms with Crippen LogP contribution in [0.2, 0.25) is 0 Å². The molecule has 0 aliphatic rings. The molecule has 14 heavy (non-hydrogen) atoms. The van der Waals surface area contributed by atoms with Crippen LogP contribution in [0.25, 0.3) is 11.1 Å².